The minimum atomic E-state index is -3.61. The largest absolute Gasteiger partial charge is 0.345 e. The molecule has 1 heterocycles. The van der Waals surface area contributed by atoms with E-state index in [4.69, 9.17) is 0 Å². The van der Waals surface area contributed by atoms with Gasteiger partial charge in [-0.25, -0.2) is 8.42 Å². The van der Waals surface area contributed by atoms with Crippen LogP contribution in [0.3, 0.4) is 0 Å². The summed E-state index contributed by atoms with van der Waals surface area (Å²) in [5, 5.41) is 3.08. The molecule has 27 heavy (non-hydrogen) atoms. The second-order valence-corrected chi connectivity index (χ2v) is 9.40. The van der Waals surface area contributed by atoms with Crippen LogP contribution in [0, 0.1) is 0 Å². The van der Waals surface area contributed by atoms with Gasteiger partial charge in [0.25, 0.3) is 10.0 Å². The maximum absolute atomic E-state index is 12.7. The lowest BCUT2D eigenvalue weighted by atomic mass is 10.0. The summed E-state index contributed by atoms with van der Waals surface area (Å²) in [7, 11) is -3.61. The third kappa shape index (κ3) is 3.39. The van der Waals surface area contributed by atoms with E-state index in [0.29, 0.717) is 5.56 Å². The van der Waals surface area contributed by atoms with Crippen molar-refractivity contribution in [2.45, 2.75) is 36.2 Å². The second kappa shape index (κ2) is 6.45. The van der Waals surface area contributed by atoms with Crippen molar-refractivity contribution in [1.29, 1.82) is 0 Å². The first-order valence-electron chi connectivity index (χ1n) is 8.59. The highest BCUT2D eigenvalue weighted by Gasteiger charge is 2.46. The zero-order valence-electron chi connectivity index (χ0n) is 14.6. The fourth-order valence-corrected chi connectivity index (χ4v) is 4.71. The number of amides is 1. The number of rotatable bonds is 4. The molecule has 2 aliphatic rings. The molecule has 2 aromatic rings. The van der Waals surface area contributed by atoms with Crippen LogP contribution in [0.4, 0.5) is 0 Å². The van der Waals surface area contributed by atoms with Crippen LogP contribution < -0.4 is 10.0 Å². The normalized spacial score (nSPS) is 21.2. The van der Waals surface area contributed by atoms with Crippen LogP contribution in [-0.4, -0.2) is 26.2 Å². The van der Waals surface area contributed by atoms with E-state index in [1.54, 1.807) is 25.1 Å². The van der Waals surface area contributed by atoms with Gasteiger partial charge in [-0.3, -0.25) is 14.5 Å². The van der Waals surface area contributed by atoms with Crippen molar-refractivity contribution in [1.82, 2.24) is 10.0 Å². The first-order chi connectivity index (χ1) is 12.8. The number of sulfonamides is 1. The van der Waals surface area contributed by atoms with Gasteiger partial charge >= 0.3 is 0 Å². The number of carbonyl (C=O) groups is 1. The van der Waals surface area contributed by atoms with E-state index in [2.05, 4.69) is 31.0 Å². The highest BCUT2D eigenvalue weighted by Crippen LogP contribution is 2.45. The van der Waals surface area contributed by atoms with Crippen LogP contribution in [0.5, 0.6) is 0 Å². The third-order valence-electron chi connectivity index (χ3n) is 4.87. The average molecular weight is 448 g/mol. The van der Waals surface area contributed by atoms with Gasteiger partial charge in [0.15, 0.2) is 0 Å². The van der Waals surface area contributed by atoms with Gasteiger partial charge in [0.2, 0.25) is 5.91 Å². The second-order valence-electron chi connectivity index (χ2n) is 6.83. The number of nitrogens with zero attached hydrogens (tertiary/aromatic N) is 1. The number of amidine groups is 1. The van der Waals surface area contributed by atoms with Gasteiger partial charge in [0.05, 0.1) is 10.4 Å². The van der Waals surface area contributed by atoms with Crippen LogP contribution in [0.25, 0.3) is 0 Å². The van der Waals surface area contributed by atoms with Crippen molar-refractivity contribution < 1.29 is 13.2 Å². The third-order valence-corrected chi connectivity index (χ3v) is 6.80. The van der Waals surface area contributed by atoms with Crippen LogP contribution in [0.15, 0.2) is 62.9 Å². The molecule has 4 rings (SSSR count). The summed E-state index contributed by atoms with van der Waals surface area (Å²) in [6, 6.07) is 13.8. The molecule has 6 nitrogen and oxygen atoms in total. The monoisotopic (exact) mass is 447 g/mol. The Kier molecular flexibility index (Phi) is 4.35. The molecule has 1 aliphatic carbocycles. The Bertz CT molecular complexity index is 1040. The summed E-state index contributed by atoms with van der Waals surface area (Å²) in [6.07, 6.45) is 1.75. The molecule has 140 valence electrons. The van der Waals surface area contributed by atoms with Gasteiger partial charge in [0.1, 0.15) is 11.9 Å². The summed E-state index contributed by atoms with van der Waals surface area (Å²) in [4.78, 5) is 17.2. The molecule has 8 heteroatoms. The molecule has 1 atom stereocenters. The SMILES string of the molecule is C[C@@H](N=C1NS(=O)(=O)c2ccccc21)C(=O)NC1(c2ccc(Br)cc2)CC1. The minimum absolute atomic E-state index is 0.185. The standard InChI is InChI=1S/C19H18BrN3O3S/c1-12(21-17-15-4-2-3-5-16(15)27(25,26)23-17)18(24)22-19(10-11-19)13-6-8-14(20)9-7-13/h2-9,12H,10-11H2,1H3,(H,21,23)(H,22,24)/t12-/m1/s1. The molecule has 1 fully saturated rings. The van der Waals surface area contributed by atoms with Gasteiger partial charge in [0, 0.05) is 10.0 Å². The number of hydrogen-bond acceptors (Lipinski definition) is 4. The van der Waals surface area contributed by atoms with Crippen LogP contribution in [0.1, 0.15) is 30.9 Å². The van der Waals surface area contributed by atoms with Crippen LogP contribution in [-0.2, 0) is 20.4 Å². The Labute approximate surface area is 166 Å². The molecule has 2 N–H and O–H groups in total. The van der Waals surface area contributed by atoms with Crippen LogP contribution >= 0.6 is 15.9 Å². The molecule has 2 aromatic carbocycles. The lowest BCUT2D eigenvalue weighted by Gasteiger charge is -2.20. The zero-order valence-corrected chi connectivity index (χ0v) is 17.0. The van der Waals surface area contributed by atoms with Crippen molar-refractivity contribution in [3.8, 4) is 0 Å². The topological polar surface area (TPSA) is 87.6 Å². The summed E-state index contributed by atoms with van der Waals surface area (Å²) < 4.78 is 27.8. The van der Waals surface area contributed by atoms with Gasteiger partial charge in [-0.15, -0.1) is 0 Å². The van der Waals surface area contributed by atoms with Crippen molar-refractivity contribution in [2.75, 3.05) is 0 Å². The van der Waals surface area contributed by atoms with Gasteiger partial charge < -0.3 is 5.32 Å². The maximum Gasteiger partial charge on any atom is 0.263 e. The zero-order chi connectivity index (χ0) is 19.2. The minimum Gasteiger partial charge on any atom is -0.345 e. The lowest BCUT2D eigenvalue weighted by Crippen LogP contribution is -2.40. The molecule has 0 saturated heterocycles. The van der Waals surface area contributed by atoms with Crippen molar-refractivity contribution in [3.63, 3.8) is 0 Å². The van der Waals surface area contributed by atoms with Crippen molar-refractivity contribution in [2.24, 2.45) is 4.99 Å². The van der Waals surface area contributed by atoms with Crippen molar-refractivity contribution in [3.05, 3.63) is 64.1 Å². The fraction of sp³-hybridized carbons (Fsp3) is 0.263. The summed E-state index contributed by atoms with van der Waals surface area (Å²) in [5.74, 6) is -0.0202. The van der Waals surface area contributed by atoms with Gasteiger partial charge in [-0.2, -0.15) is 0 Å². The lowest BCUT2D eigenvalue weighted by molar-refractivity contribution is -0.123. The van der Waals surface area contributed by atoms with E-state index in [1.165, 1.54) is 6.07 Å². The molecule has 0 radical (unpaired) electrons. The first kappa shape index (κ1) is 18.2. The molecular formula is C19H18BrN3O3S. The molecule has 1 saturated carbocycles. The fourth-order valence-electron chi connectivity index (χ4n) is 3.20. The molecule has 0 bridgehead atoms. The Hall–Kier alpha value is -2.19. The quantitative estimate of drug-likeness (QED) is 0.754. The van der Waals surface area contributed by atoms with E-state index >= 15 is 0 Å². The van der Waals surface area contributed by atoms with Crippen molar-refractivity contribution >= 4 is 37.7 Å². The molecule has 0 aromatic heterocycles. The van der Waals surface area contributed by atoms with Gasteiger partial charge in [-0.1, -0.05) is 40.2 Å². The Morgan fingerprint density at radius 2 is 1.85 bits per heavy atom. The van der Waals surface area contributed by atoms with E-state index in [0.717, 1.165) is 22.9 Å². The number of halogens is 1. The maximum atomic E-state index is 12.7. The number of hydrogen-bond donors (Lipinski definition) is 2. The molecule has 1 amide bonds. The van der Waals surface area contributed by atoms with E-state index in [-0.39, 0.29) is 22.2 Å². The molecular weight excluding hydrogens is 430 g/mol. The molecule has 1 aliphatic heterocycles. The van der Waals surface area contributed by atoms with E-state index in [1.807, 2.05) is 24.3 Å². The smallest absolute Gasteiger partial charge is 0.263 e. The number of nitrogens with one attached hydrogen (secondary N) is 2. The number of carbonyl (C=O) groups excluding carboxylic acids is 1. The predicted octanol–water partition coefficient (Wildman–Crippen LogP) is 2.68. The predicted molar refractivity (Wildman–Crippen MR) is 106 cm³/mol. The highest BCUT2D eigenvalue weighted by molar-refractivity contribution is 9.10. The summed E-state index contributed by atoms with van der Waals surface area (Å²) in [5.41, 5.74) is 1.20. The van der Waals surface area contributed by atoms with Gasteiger partial charge in [-0.05, 0) is 49.6 Å². The molecule has 0 unspecified atom stereocenters. The molecule has 0 spiro atoms. The Balaban J connectivity index is 1.54. The first-order valence-corrected chi connectivity index (χ1v) is 10.9. The average Bonchev–Trinajstić information content (AvgIpc) is 3.36. The van der Waals surface area contributed by atoms with Crippen LogP contribution in [0.2, 0.25) is 0 Å². The Morgan fingerprint density at radius 1 is 1.19 bits per heavy atom. The summed E-state index contributed by atoms with van der Waals surface area (Å²) in [6.45, 7) is 1.66. The number of benzene rings is 2. The summed E-state index contributed by atoms with van der Waals surface area (Å²) >= 11 is 3.42. The highest BCUT2D eigenvalue weighted by atomic mass is 79.9. The van der Waals surface area contributed by atoms with E-state index < -0.39 is 16.1 Å². The Morgan fingerprint density at radius 3 is 2.52 bits per heavy atom. The number of aliphatic imine (C=N–C) groups is 1. The number of fused-ring (bicyclic) bond motifs is 1. The van der Waals surface area contributed by atoms with E-state index in [9.17, 15) is 13.2 Å².